The van der Waals surface area contributed by atoms with Gasteiger partial charge in [-0.15, -0.1) is 0 Å². The van der Waals surface area contributed by atoms with Crippen LogP contribution in [0.1, 0.15) is 12.8 Å². The summed E-state index contributed by atoms with van der Waals surface area (Å²) in [4.78, 5) is 14.4. The fraction of sp³-hybridized carbons (Fsp3) is 0.700. The molecule has 2 rings (SSSR count). The molecule has 0 aliphatic heterocycles. The molecule has 8 heteroatoms. The molecule has 18 heavy (non-hydrogen) atoms. The first-order chi connectivity index (χ1) is 8.72. The highest BCUT2D eigenvalue weighted by Crippen LogP contribution is 2.24. The van der Waals surface area contributed by atoms with Crippen molar-refractivity contribution in [2.24, 2.45) is 5.84 Å². The van der Waals surface area contributed by atoms with Crippen molar-refractivity contribution in [3.63, 3.8) is 0 Å². The van der Waals surface area contributed by atoms with Gasteiger partial charge >= 0.3 is 6.01 Å². The fourth-order valence-corrected chi connectivity index (χ4v) is 1.63. The minimum Gasteiger partial charge on any atom is -0.467 e. The number of nitrogens with zero attached hydrogens (tertiary/aromatic N) is 4. The number of anilines is 2. The molecule has 4 N–H and O–H groups in total. The van der Waals surface area contributed by atoms with Gasteiger partial charge in [0.25, 0.3) is 0 Å². The number of ether oxygens (including phenoxy) is 1. The van der Waals surface area contributed by atoms with Crippen LogP contribution in [0.4, 0.5) is 11.9 Å². The van der Waals surface area contributed by atoms with Crippen molar-refractivity contribution < 1.29 is 4.74 Å². The summed E-state index contributed by atoms with van der Waals surface area (Å²) in [7, 11) is 3.63. The van der Waals surface area contributed by atoms with E-state index >= 15 is 0 Å². The van der Waals surface area contributed by atoms with Crippen LogP contribution in [0.2, 0.25) is 0 Å². The molecule has 1 aliphatic rings. The number of nitrogens with two attached hydrogens (primary N) is 1. The second-order valence-electron chi connectivity index (χ2n) is 4.25. The molecule has 0 saturated heterocycles. The maximum absolute atomic E-state index is 5.27. The summed E-state index contributed by atoms with van der Waals surface area (Å²) in [6, 6.07) is 0.983. The van der Waals surface area contributed by atoms with E-state index in [1.807, 2.05) is 0 Å². The summed E-state index contributed by atoms with van der Waals surface area (Å²) in [6.07, 6.45) is 2.61. The summed E-state index contributed by atoms with van der Waals surface area (Å²) in [5, 5.41) is 3.13. The van der Waals surface area contributed by atoms with Crippen LogP contribution in [0.5, 0.6) is 6.01 Å². The van der Waals surface area contributed by atoms with E-state index in [1.165, 1.54) is 20.0 Å². The van der Waals surface area contributed by atoms with Gasteiger partial charge in [-0.3, -0.25) is 5.43 Å². The normalized spacial score (nSPS) is 14.7. The lowest BCUT2D eigenvalue weighted by Crippen LogP contribution is -2.27. The largest absolute Gasteiger partial charge is 0.467 e. The van der Waals surface area contributed by atoms with Crippen LogP contribution in [0.25, 0.3) is 0 Å². The minimum atomic E-state index is 0.232. The van der Waals surface area contributed by atoms with Gasteiger partial charge in [-0.25, -0.2) is 5.84 Å². The Bertz CT molecular complexity index is 374. The maximum Gasteiger partial charge on any atom is 0.322 e. The lowest BCUT2D eigenvalue weighted by atomic mass is 10.5. The molecule has 8 nitrogen and oxygen atoms in total. The zero-order valence-corrected chi connectivity index (χ0v) is 10.7. The van der Waals surface area contributed by atoms with Crippen molar-refractivity contribution in [3.05, 3.63) is 0 Å². The molecule has 0 radical (unpaired) electrons. The molecule has 1 aromatic heterocycles. The number of likely N-dealkylation sites (N-methyl/N-ethyl adjacent to an activating group) is 1. The Balaban J connectivity index is 1.87. The Morgan fingerprint density at radius 3 is 2.67 bits per heavy atom. The second kappa shape index (κ2) is 5.78. The van der Waals surface area contributed by atoms with Gasteiger partial charge in [0.2, 0.25) is 11.9 Å². The smallest absolute Gasteiger partial charge is 0.322 e. The summed E-state index contributed by atoms with van der Waals surface area (Å²) in [5.74, 6) is 6.01. The fourth-order valence-electron chi connectivity index (χ4n) is 1.63. The van der Waals surface area contributed by atoms with Crippen molar-refractivity contribution in [2.45, 2.75) is 18.9 Å². The van der Waals surface area contributed by atoms with E-state index in [9.17, 15) is 0 Å². The predicted molar refractivity (Wildman–Crippen MR) is 68.3 cm³/mol. The zero-order valence-electron chi connectivity index (χ0n) is 10.7. The van der Waals surface area contributed by atoms with Gasteiger partial charge in [0.15, 0.2) is 0 Å². The van der Waals surface area contributed by atoms with Gasteiger partial charge in [-0.05, 0) is 19.9 Å². The molecule has 0 spiro atoms. The Hall–Kier alpha value is -1.67. The number of aromatic nitrogens is 3. The third kappa shape index (κ3) is 3.41. The third-order valence-corrected chi connectivity index (χ3v) is 2.84. The van der Waals surface area contributed by atoms with Crippen molar-refractivity contribution in [1.29, 1.82) is 0 Å². The number of hydrogen-bond donors (Lipinski definition) is 3. The molecular formula is C10H19N7O. The van der Waals surface area contributed by atoms with Gasteiger partial charge in [-0.2, -0.15) is 15.0 Å². The first kappa shape index (κ1) is 12.8. The Morgan fingerprint density at radius 2 is 2.06 bits per heavy atom. The van der Waals surface area contributed by atoms with E-state index in [4.69, 9.17) is 10.6 Å². The van der Waals surface area contributed by atoms with Crippen molar-refractivity contribution in [2.75, 3.05) is 38.0 Å². The van der Waals surface area contributed by atoms with Crippen molar-refractivity contribution in [3.8, 4) is 6.01 Å². The summed E-state index contributed by atoms with van der Waals surface area (Å²) in [5.41, 5.74) is 2.38. The average Bonchev–Trinajstić information content (AvgIpc) is 3.22. The van der Waals surface area contributed by atoms with Crippen LogP contribution in [0.3, 0.4) is 0 Å². The number of nitrogen functional groups attached to an aromatic ring is 1. The van der Waals surface area contributed by atoms with E-state index in [0.29, 0.717) is 5.95 Å². The van der Waals surface area contributed by atoms with Crippen molar-refractivity contribution >= 4 is 11.9 Å². The minimum absolute atomic E-state index is 0.232. The average molecular weight is 253 g/mol. The Kier molecular flexibility index (Phi) is 4.11. The number of hydrazine groups is 1. The van der Waals surface area contributed by atoms with E-state index in [0.717, 1.165) is 19.1 Å². The van der Waals surface area contributed by atoms with E-state index in [1.54, 1.807) is 0 Å². The maximum atomic E-state index is 5.27. The van der Waals surface area contributed by atoms with Crippen molar-refractivity contribution in [1.82, 2.24) is 19.9 Å². The third-order valence-electron chi connectivity index (χ3n) is 2.84. The van der Waals surface area contributed by atoms with E-state index in [2.05, 4.69) is 37.6 Å². The van der Waals surface area contributed by atoms with Gasteiger partial charge in [0.05, 0.1) is 7.11 Å². The highest BCUT2D eigenvalue weighted by molar-refractivity contribution is 5.34. The molecule has 1 aromatic rings. The van der Waals surface area contributed by atoms with Crippen LogP contribution in [0, 0.1) is 0 Å². The summed E-state index contributed by atoms with van der Waals surface area (Å²) < 4.78 is 4.96. The lowest BCUT2D eigenvalue weighted by molar-refractivity contribution is 0.336. The van der Waals surface area contributed by atoms with Crippen LogP contribution in [0.15, 0.2) is 0 Å². The Labute approximate surface area is 106 Å². The molecule has 0 amide bonds. The standard InChI is InChI=1S/C10H19N7O/c1-17(7-3-4-7)6-5-12-8-13-9(16-11)15-10(14-8)18-2/h7H,3-6,11H2,1-2H3,(H2,12,13,14,15,16). The molecule has 0 aromatic carbocycles. The molecule has 1 aliphatic carbocycles. The molecule has 1 saturated carbocycles. The number of rotatable bonds is 7. The number of nitrogens with one attached hydrogen (secondary N) is 2. The predicted octanol–water partition coefficient (Wildman–Crippen LogP) is -0.328. The molecule has 0 bridgehead atoms. The topological polar surface area (TPSA) is 101 Å². The first-order valence-corrected chi connectivity index (χ1v) is 5.93. The van der Waals surface area contributed by atoms with Gasteiger partial charge in [0, 0.05) is 19.1 Å². The van der Waals surface area contributed by atoms with Gasteiger partial charge in [0.1, 0.15) is 0 Å². The quantitative estimate of drug-likeness (QED) is 0.448. The van der Waals surface area contributed by atoms with E-state index in [-0.39, 0.29) is 12.0 Å². The van der Waals surface area contributed by atoms with Crippen LogP contribution >= 0.6 is 0 Å². The van der Waals surface area contributed by atoms with Gasteiger partial charge < -0.3 is 15.0 Å². The summed E-state index contributed by atoms with van der Waals surface area (Å²) in [6.45, 7) is 1.72. The molecule has 1 heterocycles. The Morgan fingerprint density at radius 1 is 1.33 bits per heavy atom. The second-order valence-corrected chi connectivity index (χ2v) is 4.25. The zero-order chi connectivity index (χ0) is 13.0. The van der Waals surface area contributed by atoms with Crippen LogP contribution in [-0.2, 0) is 0 Å². The monoisotopic (exact) mass is 253 g/mol. The highest BCUT2D eigenvalue weighted by Gasteiger charge is 2.25. The SMILES string of the molecule is COc1nc(NN)nc(NCCN(C)C2CC2)n1. The molecule has 0 unspecified atom stereocenters. The first-order valence-electron chi connectivity index (χ1n) is 5.93. The number of methoxy groups -OCH3 is 1. The lowest BCUT2D eigenvalue weighted by Gasteiger charge is -2.15. The summed E-state index contributed by atoms with van der Waals surface area (Å²) >= 11 is 0. The number of hydrogen-bond acceptors (Lipinski definition) is 8. The highest BCUT2D eigenvalue weighted by atomic mass is 16.5. The van der Waals surface area contributed by atoms with Crippen LogP contribution in [-0.4, -0.2) is 53.1 Å². The molecule has 100 valence electrons. The molecular weight excluding hydrogens is 234 g/mol. The van der Waals surface area contributed by atoms with Crippen LogP contribution < -0.4 is 21.3 Å². The van der Waals surface area contributed by atoms with E-state index < -0.39 is 0 Å². The molecule has 0 atom stereocenters. The molecule has 1 fully saturated rings. The van der Waals surface area contributed by atoms with Gasteiger partial charge in [-0.1, -0.05) is 0 Å².